The highest BCUT2D eigenvalue weighted by molar-refractivity contribution is 9.10. The van der Waals surface area contributed by atoms with Crippen molar-refractivity contribution in [3.8, 4) is 0 Å². The molecule has 4 rings (SSSR count). The van der Waals surface area contributed by atoms with Crippen LogP contribution in [0.4, 0.5) is 11.4 Å². The van der Waals surface area contributed by atoms with Gasteiger partial charge in [-0.3, -0.25) is 9.69 Å². The van der Waals surface area contributed by atoms with E-state index in [1.807, 2.05) is 89.8 Å². The van der Waals surface area contributed by atoms with E-state index in [4.69, 9.17) is 4.74 Å². The summed E-state index contributed by atoms with van der Waals surface area (Å²) in [6, 6.07) is 26.7. The fourth-order valence-electron chi connectivity index (χ4n) is 3.65. The predicted molar refractivity (Wildman–Crippen MR) is 124 cm³/mol. The van der Waals surface area contributed by atoms with Crippen LogP contribution in [0.15, 0.2) is 101 Å². The van der Waals surface area contributed by atoms with E-state index in [1.54, 1.807) is 11.8 Å². The quantitative estimate of drug-likeness (QED) is 0.459. The lowest BCUT2D eigenvalue weighted by Crippen LogP contribution is -2.50. The summed E-state index contributed by atoms with van der Waals surface area (Å²) in [6.07, 6.45) is 0.780. The molecule has 5 nitrogen and oxygen atoms in total. The van der Waals surface area contributed by atoms with Crippen LogP contribution in [0.5, 0.6) is 0 Å². The highest BCUT2D eigenvalue weighted by Gasteiger charge is 2.40. The van der Waals surface area contributed by atoms with Crippen LogP contribution in [0.1, 0.15) is 18.7 Å². The topological polar surface area (TPSA) is 49.9 Å². The van der Waals surface area contributed by atoms with Gasteiger partial charge >= 0.3 is 5.97 Å². The SMILES string of the molecule is CCOC(=O)C1=CC(=O)N(c2ccccc2)C(c2ccc(Br)cc2)N1c1ccccc1. The average molecular weight is 477 g/mol. The first-order chi connectivity index (χ1) is 15.1. The molecule has 0 bridgehead atoms. The molecule has 6 heteroatoms. The van der Waals surface area contributed by atoms with Gasteiger partial charge in [0.05, 0.1) is 6.61 Å². The number of esters is 1. The molecule has 0 saturated carbocycles. The van der Waals surface area contributed by atoms with E-state index in [9.17, 15) is 9.59 Å². The molecule has 156 valence electrons. The first kappa shape index (κ1) is 20.9. The van der Waals surface area contributed by atoms with Gasteiger partial charge in [0.1, 0.15) is 11.9 Å². The summed E-state index contributed by atoms with van der Waals surface area (Å²) in [5.41, 5.74) is 2.58. The third kappa shape index (κ3) is 4.25. The third-order valence-electron chi connectivity index (χ3n) is 4.97. The largest absolute Gasteiger partial charge is 0.461 e. The molecule has 0 N–H and O–H groups in total. The lowest BCUT2D eigenvalue weighted by molar-refractivity contribution is -0.139. The van der Waals surface area contributed by atoms with Gasteiger partial charge in [0.15, 0.2) is 0 Å². The maximum atomic E-state index is 13.3. The van der Waals surface area contributed by atoms with Gasteiger partial charge in [-0.05, 0) is 48.9 Å². The number of nitrogens with zero attached hydrogens (tertiary/aromatic N) is 2. The van der Waals surface area contributed by atoms with Crippen LogP contribution in [0.3, 0.4) is 0 Å². The number of rotatable bonds is 5. The zero-order valence-corrected chi connectivity index (χ0v) is 18.5. The Morgan fingerprint density at radius 2 is 1.42 bits per heavy atom. The van der Waals surface area contributed by atoms with Crippen LogP contribution in [-0.4, -0.2) is 18.5 Å². The molecule has 1 unspecified atom stereocenters. The smallest absolute Gasteiger partial charge is 0.355 e. The highest BCUT2D eigenvalue weighted by Crippen LogP contribution is 2.40. The Labute approximate surface area is 189 Å². The number of amides is 1. The number of hydrogen-bond donors (Lipinski definition) is 0. The van der Waals surface area contributed by atoms with Crippen molar-refractivity contribution in [1.82, 2.24) is 0 Å². The van der Waals surface area contributed by atoms with Gasteiger partial charge in [0.25, 0.3) is 5.91 Å². The van der Waals surface area contributed by atoms with Crippen molar-refractivity contribution in [3.63, 3.8) is 0 Å². The van der Waals surface area contributed by atoms with E-state index in [1.165, 1.54) is 6.08 Å². The second-order valence-corrected chi connectivity index (χ2v) is 7.84. The number of para-hydroxylation sites is 2. The van der Waals surface area contributed by atoms with Crippen molar-refractivity contribution < 1.29 is 14.3 Å². The van der Waals surface area contributed by atoms with E-state index >= 15 is 0 Å². The fourth-order valence-corrected chi connectivity index (χ4v) is 3.91. The van der Waals surface area contributed by atoms with Crippen molar-refractivity contribution >= 4 is 39.2 Å². The normalized spacial score (nSPS) is 16.1. The molecule has 0 saturated heterocycles. The first-order valence-corrected chi connectivity index (χ1v) is 10.8. The predicted octanol–water partition coefficient (Wildman–Crippen LogP) is 5.45. The van der Waals surface area contributed by atoms with Crippen molar-refractivity contribution in [2.24, 2.45) is 0 Å². The fraction of sp³-hybridized carbons (Fsp3) is 0.120. The Morgan fingerprint density at radius 3 is 1.97 bits per heavy atom. The van der Waals surface area contributed by atoms with Crippen molar-refractivity contribution in [3.05, 3.63) is 107 Å². The highest BCUT2D eigenvalue weighted by atomic mass is 79.9. The number of carbonyl (C=O) groups is 2. The molecule has 1 amide bonds. The first-order valence-electron chi connectivity index (χ1n) is 9.97. The van der Waals surface area contributed by atoms with Crippen molar-refractivity contribution in [2.45, 2.75) is 13.1 Å². The Bertz CT molecular complexity index is 1100. The molecule has 1 aliphatic rings. The standard InChI is InChI=1S/C25H21BrN2O3/c1-2-31-25(30)22-17-23(29)28(21-11-7-4-8-12-21)24(18-13-15-19(26)16-14-18)27(22)20-9-5-3-6-10-20/h3-17,24H,2H2,1H3. The summed E-state index contributed by atoms with van der Waals surface area (Å²) < 4.78 is 6.23. The summed E-state index contributed by atoms with van der Waals surface area (Å²) in [5.74, 6) is -0.816. The van der Waals surface area contributed by atoms with E-state index in [0.29, 0.717) is 0 Å². The number of carbonyl (C=O) groups excluding carboxylic acids is 2. The molecule has 31 heavy (non-hydrogen) atoms. The van der Waals surface area contributed by atoms with E-state index in [2.05, 4.69) is 15.9 Å². The molecule has 0 aromatic heterocycles. The number of hydrogen-bond acceptors (Lipinski definition) is 4. The monoisotopic (exact) mass is 476 g/mol. The molecule has 0 spiro atoms. The summed E-state index contributed by atoms with van der Waals surface area (Å²) in [4.78, 5) is 29.8. The second kappa shape index (κ2) is 9.18. The lowest BCUT2D eigenvalue weighted by Gasteiger charge is -2.44. The molecule has 0 radical (unpaired) electrons. The van der Waals surface area contributed by atoms with E-state index in [0.717, 1.165) is 21.4 Å². The van der Waals surface area contributed by atoms with Crippen LogP contribution < -0.4 is 9.80 Å². The van der Waals surface area contributed by atoms with Gasteiger partial charge in [0, 0.05) is 21.9 Å². The van der Waals surface area contributed by atoms with Gasteiger partial charge in [-0.2, -0.15) is 0 Å². The molecule has 0 aliphatic carbocycles. The number of ether oxygens (including phenoxy) is 1. The Kier molecular flexibility index (Phi) is 6.18. The number of anilines is 2. The lowest BCUT2D eigenvalue weighted by atomic mass is 10.0. The zero-order valence-electron chi connectivity index (χ0n) is 16.9. The molecule has 1 heterocycles. The average Bonchev–Trinajstić information content (AvgIpc) is 2.80. The van der Waals surface area contributed by atoms with E-state index in [-0.39, 0.29) is 18.2 Å². The van der Waals surface area contributed by atoms with Gasteiger partial charge < -0.3 is 9.64 Å². The molecule has 1 atom stereocenters. The summed E-state index contributed by atoms with van der Waals surface area (Å²) in [7, 11) is 0. The Balaban J connectivity index is 1.95. The Hall–Kier alpha value is -3.38. The molecule has 0 fully saturated rings. The number of halogens is 1. The second-order valence-electron chi connectivity index (χ2n) is 6.92. The minimum Gasteiger partial charge on any atom is -0.461 e. The summed E-state index contributed by atoms with van der Waals surface area (Å²) >= 11 is 3.48. The summed E-state index contributed by atoms with van der Waals surface area (Å²) in [5, 5.41) is 0. The number of benzene rings is 3. The Morgan fingerprint density at radius 1 is 0.871 bits per heavy atom. The van der Waals surface area contributed by atoms with Gasteiger partial charge in [-0.1, -0.05) is 64.5 Å². The third-order valence-corrected chi connectivity index (χ3v) is 5.50. The van der Waals surface area contributed by atoms with Gasteiger partial charge in [-0.15, -0.1) is 0 Å². The van der Waals surface area contributed by atoms with Gasteiger partial charge in [0.2, 0.25) is 0 Å². The minimum absolute atomic E-state index is 0.207. The van der Waals surface area contributed by atoms with Crippen LogP contribution in [0.25, 0.3) is 0 Å². The molecule has 3 aromatic carbocycles. The molecule has 1 aliphatic heterocycles. The van der Waals surface area contributed by atoms with Crippen LogP contribution in [0.2, 0.25) is 0 Å². The molecule has 3 aromatic rings. The maximum absolute atomic E-state index is 13.3. The molecular weight excluding hydrogens is 456 g/mol. The van der Waals surface area contributed by atoms with E-state index < -0.39 is 12.1 Å². The van der Waals surface area contributed by atoms with Crippen molar-refractivity contribution in [2.75, 3.05) is 16.4 Å². The van der Waals surface area contributed by atoms with Gasteiger partial charge in [-0.25, -0.2) is 4.79 Å². The zero-order chi connectivity index (χ0) is 21.8. The van der Waals surface area contributed by atoms with Crippen LogP contribution in [-0.2, 0) is 14.3 Å². The minimum atomic E-state index is -0.574. The van der Waals surface area contributed by atoms with Crippen LogP contribution >= 0.6 is 15.9 Å². The van der Waals surface area contributed by atoms with Crippen LogP contribution in [0, 0.1) is 0 Å². The maximum Gasteiger partial charge on any atom is 0.355 e. The van der Waals surface area contributed by atoms with Crippen molar-refractivity contribution in [1.29, 1.82) is 0 Å². The molecular formula is C25H21BrN2O3. The summed E-state index contributed by atoms with van der Waals surface area (Å²) in [6.45, 7) is 1.97.